The molecule has 2 aliphatic rings. The molecule has 13 heteroatoms. The van der Waals surface area contributed by atoms with E-state index in [9.17, 15) is 18.0 Å². The predicted molar refractivity (Wildman–Crippen MR) is 158 cm³/mol. The molecular formula is C29H27Cl2N5O5S. The lowest BCUT2D eigenvalue weighted by Gasteiger charge is -2.34. The molecule has 218 valence electrons. The fourth-order valence-electron chi connectivity index (χ4n) is 5.63. The molecule has 2 amide bonds. The molecule has 0 aliphatic carbocycles. The molecular weight excluding hydrogens is 601 g/mol. The van der Waals surface area contributed by atoms with E-state index in [1.165, 1.54) is 26.9 Å². The van der Waals surface area contributed by atoms with Crippen LogP contribution in [0, 0.1) is 0 Å². The summed E-state index contributed by atoms with van der Waals surface area (Å²) in [6.45, 7) is 4.00. The molecule has 2 aliphatic heterocycles. The minimum absolute atomic E-state index is 0.102. The number of imidazole rings is 1. The van der Waals surface area contributed by atoms with Gasteiger partial charge in [0.25, 0.3) is 15.9 Å². The Balaban J connectivity index is 1.43. The summed E-state index contributed by atoms with van der Waals surface area (Å²) in [6.07, 6.45) is 4.72. The third kappa shape index (κ3) is 4.80. The standard InChI is InChI=1S/C29H27Cl2N5O5S/c1-19(37)33-8-10-34(11-9-33)42(39,40)26-17-32-28-35(25-14-23(30)13-24(31)15-25)27(38)29(2,36(26)28)16-20-3-5-21(6-4-20)22-7-12-41-18-22/h3-7,12-15,17-18H,8-11,16H2,1-2H3/t29-/m1/s1. The van der Waals surface area contributed by atoms with Crippen LogP contribution in [0.4, 0.5) is 11.6 Å². The molecule has 0 spiro atoms. The molecule has 2 aromatic carbocycles. The van der Waals surface area contributed by atoms with Crippen LogP contribution in [0.3, 0.4) is 0 Å². The van der Waals surface area contributed by atoms with Crippen LogP contribution < -0.4 is 4.90 Å². The van der Waals surface area contributed by atoms with Gasteiger partial charge in [0.2, 0.25) is 11.9 Å². The number of halogens is 2. The first-order valence-corrected chi connectivity index (χ1v) is 15.4. The number of furan rings is 1. The Hall–Kier alpha value is -3.64. The second kappa shape index (κ2) is 10.6. The van der Waals surface area contributed by atoms with Crippen molar-refractivity contribution >= 4 is 56.7 Å². The van der Waals surface area contributed by atoms with Crippen molar-refractivity contribution in [3.63, 3.8) is 0 Å². The molecule has 0 saturated carbocycles. The number of anilines is 2. The minimum atomic E-state index is -4.08. The number of hydrogen-bond acceptors (Lipinski definition) is 6. The van der Waals surface area contributed by atoms with Crippen molar-refractivity contribution in [2.75, 3.05) is 31.1 Å². The van der Waals surface area contributed by atoms with Gasteiger partial charge in [-0.1, -0.05) is 47.5 Å². The Morgan fingerprint density at radius 1 is 1.00 bits per heavy atom. The van der Waals surface area contributed by atoms with E-state index in [2.05, 4.69) is 4.98 Å². The number of sulfonamides is 1. The van der Waals surface area contributed by atoms with Crippen LogP contribution in [0.1, 0.15) is 19.4 Å². The molecule has 42 heavy (non-hydrogen) atoms. The van der Waals surface area contributed by atoms with E-state index in [-0.39, 0.29) is 55.4 Å². The molecule has 6 rings (SSSR count). The number of hydrogen-bond donors (Lipinski definition) is 0. The summed E-state index contributed by atoms with van der Waals surface area (Å²) >= 11 is 12.6. The van der Waals surface area contributed by atoms with Crippen LogP contribution in [0.2, 0.25) is 10.0 Å². The predicted octanol–water partition coefficient (Wildman–Crippen LogP) is 4.94. The van der Waals surface area contributed by atoms with Gasteiger partial charge in [0.1, 0.15) is 5.54 Å². The third-order valence-corrected chi connectivity index (χ3v) is 10.1. The average molecular weight is 629 g/mol. The number of rotatable bonds is 6. The highest BCUT2D eigenvalue weighted by Gasteiger charge is 2.52. The van der Waals surface area contributed by atoms with Gasteiger partial charge in [-0.15, -0.1) is 0 Å². The van der Waals surface area contributed by atoms with Gasteiger partial charge >= 0.3 is 0 Å². The summed E-state index contributed by atoms with van der Waals surface area (Å²) in [5.74, 6) is -0.331. The topological polar surface area (TPSA) is 109 Å². The number of piperazine rings is 1. The number of carbonyl (C=O) groups excluding carboxylic acids is 2. The fourth-order valence-corrected chi connectivity index (χ4v) is 7.75. The van der Waals surface area contributed by atoms with Gasteiger partial charge in [0, 0.05) is 55.1 Å². The van der Waals surface area contributed by atoms with Gasteiger partial charge in [-0.2, -0.15) is 4.31 Å². The molecule has 1 saturated heterocycles. The molecule has 0 radical (unpaired) electrons. The van der Waals surface area contributed by atoms with Crippen LogP contribution in [0.5, 0.6) is 0 Å². The van der Waals surface area contributed by atoms with Crippen molar-refractivity contribution < 1.29 is 22.4 Å². The fraction of sp³-hybridized carbons (Fsp3) is 0.276. The molecule has 0 unspecified atom stereocenters. The highest BCUT2D eigenvalue weighted by atomic mass is 35.5. The zero-order valence-electron chi connectivity index (χ0n) is 22.8. The van der Waals surface area contributed by atoms with Crippen molar-refractivity contribution in [2.45, 2.75) is 30.8 Å². The zero-order chi connectivity index (χ0) is 29.8. The molecule has 0 bridgehead atoms. The van der Waals surface area contributed by atoms with Crippen molar-refractivity contribution in [3.8, 4) is 11.1 Å². The van der Waals surface area contributed by atoms with Crippen molar-refractivity contribution in [1.82, 2.24) is 18.8 Å². The highest BCUT2D eigenvalue weighted by Crippen LogP contribution is 2.45. The summed E-state index contributed by atoms with van der Waals surface area (Å²) in [7, 11) is -4.08. The Morgan fingerprint density at radius 2 is 1.67 bits per heavy atom. The van der Waals surface area contributed by atoms with Gasteiger partial charge in [0.15, 0.2) is 5.03 Å². The largest absolute Gasteiger partial charge is 0.472 e. The SMILES string of the molecule is CC(=O)N1CCN(S(=O)(=O)c2cnc3n2[C@](C)(Cc2ccc(-c4ccoc4)cc2)C(=O)N3c2cc(Cl)cc(Cl)c2)CC1. The maximum absolute atomic E-state index is 14.3. The summed E-state index contributed by atoms with van der Waals surface area (Å²) in [4.78, 5) is 33.6. The van der Waals surface area contributed by atoms with Crippen molar-refractivity contribution in [1.29, 1.82) is 0 Å². The second-order valence-electron chi connectivity index (χ2n) is 10.6. The normalized spacial score (nSPS) is 19.4. The number of nitrogens with zero attached hydrogens (tertiary/aromatic N) is 5. The average Bonchev–Trinajstić information content (AvgIpc) is 3.68. The van der Waals surface area contributed by atoms with Gasteiger partial charge in [-0.25, -0.2) is 18.3 Å². The van der Waals surface area contributed by atoms with E-state index in [1.807, 2.05) is 30.3 Å². The highest BCUT2D eigenvalue weighted by molar-refractivity contribution is 7.89. The Morgan fingerprint density at radius 3 is 2.26 bits per heavy atom. The lowest BCUT2D eigenvalue weighted by Crippen LogP contribution is -2.50. The summed E-state index contributed by atoms with van der Waals surface area (Å²) < 4.78 is 36.1. The van der Waals surface area contributed by atoms with Crippen LogP contribution in [-0.4, -0.2) is 65.2 Å². The smallest absolute Gasteiger partial charge is 0.260 e. The minimum Gasteiger partial charge on any atom is -0.472 e. The number of carbonyl (C=O) groups is 2. The van der Waals surface area contributed by atoms with Crippen molar-refractivity contribution in [3.05, 3.63) is 82.9 Å². The Bertz CT molecular complexity index is 1760. The maximum Gasteiger partial charge on any atom is 0.260 e. The molecule has 0 N–H and O–H groups in total. The monoisotopic (exact) mass is 627 g/mol. The number of amides is 2. The Kier molecular flexibility index (Phi) is 7.17. The van der Waals surface area contributed by atoms with Crippen LogP contribution in [0.15, 0.2) is 76.7 Å². The first-order valence-electron chi connectivity index (χ1n) is 13.2. The maximum atomic E-state index is 14.3. The van der Waals surface area contributed by atoms with E-state index < -0.39 is 15.6 Å². The third-order valence-electron chi connectivity index (χ3n) is 7.82. The molecule has 1 atom stereocenters. The summed E-state index contributed by atoms with van der Waals surface area (Å²) in [5, 5.41) is 0.543. The number of fused-ring (bicyclic) bond motifs is 1. The molecule has 10 nitrogen and oxygen atoms in total. The van der Waals surface area contributed by atoms with Crippen LogP contribution >= 0.6 is 23.2 Å². The van der Waals surface area contributed by atoms with Gasteiger partial charge < -0.3 is 9.32 Å². The summed E-state index contributed by atoms with van der Waals surface area (Å²) in [5.41, 5.74) is 1.71. The summed E-state index contributed by atoms with van der Waals surface area (Å²) in [6, 6.07) is 14.3. The lowest BCUT2D eigenvalue weighted by molar-refractivity contribution is -0.130. The van der Waals surface area contributed by atoms with E-state index in [0.717, 1.165) is 16.7 Å². The van der Waals surface area contributed by atoms with E-state index in [0.29, 0.717) is 15.7 Å². The van der Waals surface area contributed by atoms with Crippen LogP contribution in [0.25, 0.3) is 11.1 Å². The zero-order valence-corrected chi connectivity index (χ0v) is 25.2. The van der Waals surface area contributed by atoms with E-state index in [4.69, 9.17) is 27.6 Å². The first kappa shape index (κ1) is 28.5. The second-order valence-corrected chi connectivity index (χ2v) is 13.3. The van der Waals surface area contributed by atoms with Gasteiger partial charge in [0.05, 0.1) is 24.4 Å². The van der Waals surface area contributed by atoms with Crippen LogP contribution in [-0.2, 0) is 31.6 Å². The number of benzene rings is 2. The van der Waals surface area contributed by atoms with Gasteiger partial charge in [-0.3, -0.25) is 14.2 Å². The number of aromatic nitrogens is 2. The van der Waals surface area contributed by atoms with Gasteiger partial charge in [-0.05, 0) is 42.3 Å². The molecule has 1 fully saturated rings. The molecule has 4 heterocycles. The van der Waals surface area contributed by atoms with E-state index >= 15 is 0 Å². The molecule has 2 aromatic heterocycles. The molecule has 4 aromatic rings. The van der Waals surface area contributed by atoms with E-state index in [1.54, 1.807) is 42.5 Å². The first-order chi connectivity index (χ1) is 20.0. The Labute approximate surface area is 253 Å². The lowest BCUT2D eigenvalue weighted by atomic mass is 9.91. The quantitative estimate of drug-likeness (QED) is 0.300. The van der Waals surface area contributed by atoms with Crippen molar-refractivity contribution in [2.24, 2.45) is 0 Å².